The standard InChI is InChI=1S/C42H70O35/c43-1-8-29-15(50)22(57)36(64-8)72-30-9(2-44)66-38(24(59)17(30)52)74-32-11(4-46)68-40(26(61)19(32)54)76-34-13(6-48)70-42(28(63)21(34)56)77-35-14(7-49)69-41(27(62)20(35)55)75-33-12(5-47)67-39(25(60)18(33)53)73-31-10(3-45)65-37(71-29)23(58)16(31)51/h8-63H,1-7H2/t8?,9?,10?,11?,12?,13?,14?,15-,16-,17?,18?,19?,20?,21?,22?,23?,24+,25+,26+,27+,28+,29-,30-,31-,32-,33-,34-,35-,36-,37-,38+,39-,40+,41-,42+/m1/s1. The van der Waals surface area contributed by atoms with Crippen molar-refractivity contribution in [2.24, 2.45) is 0 Å². The van der Waals surface area contributed by atoms with Gasteiger partial charge in [0.05, 0.1) is 46.2 Å². The SMILES string of the molecule is OCC1O[C@@H]2O[C@@H]3C(CO)O[C@H](O[C@@H]4C(CO)O[C@H](O[C@@H]5C(CO)O[C@H](O[C@@H]6C(CO)O[C@@H](O[C@@H]7C(CO)O[C@@H](O[C@@H]8C(CO)O[C@@H](O[C@H]1C(O)[C@@H]2O)[C@@H](O)C8O)[C@@H](O)C7O)[C@@H](O)C6O)C(O)[C@H]5O)C(O)[C@H]4O)[C@@H](O)C3O. The number of ether oxygens (including phenoxy) is 14. The molecule has 448 valence electrons. The lowest BCUT2D eigenvalue weighted by atomic mass is 9.95. The minimum Gasteiger partial charge on any atom is -0.394 e. The summed E-state index contributed by atoms with van der Waals surface area (Å²) in [5, 5.41) is 230. The van der Waals surface area contributed by atoms with Gasteiger partial charge in [-0.1, -0.05) is 0 Å². The summed E-state index contributed by atoms with van der Waals surface area (Å²) in [6, 6.07) is 0. The first-order valence-electron chi connectivity index (χ1n) is 24.6. The summed E-state index contributed by atoms with van der Waals surface area (Å²) in [6.45, 7) is -7.33. The van der Waals surface area contributed by atoms with Gasteiger partial charge in [-0.25, -0.2) is 0 Å². The van der Waals surface area contributed by atoms with Gasteiger partial charge >= 0.3 is 0 Å². The highest BCUT2D eigenvalue weighted by molar-refractivity contribution is 5.01. The van der Waals surface area contributed by atoms with E-state index in [9.17, 15) is 107 Å². The summed E-state index contributed by atoms with van der Waals surface area (Å²) in [5.74, 6) is 0. The third-order valence-corrected chi connectivity index (χ3v) is 14.8. The number of hydrogen-bond donors (Lipinski definition) is 21. The van der Waals surface area contributed by atoms with Crippen molar-refractivity contribution in [1.82, 2.24) is 0 Å². The summed E-state index contributed by atoms with van der Waals surface area (Å²) in [5.41, 5.74) is 0. The van der Waals surface area contributed by atoms with Crippen molar-refractivity contribution in [2.45, 2.75) is 215 Å². The zero-order chi connectivity index (χ0) is 56.1. The maximum atomic E-state index is 11.3. The van der Waals surface area contributed by atoms with Gasteiger partial charge in [0, 0.05) is 0 Å². The predicted octanol–water partition coefficient (Wildman–Crippen LogP) is -15.2. The van der Waals surface area contributed by atoms with Crippen molar-refractivity contribution in [3.8, 4) is 0 Å². The predicted molar refractivity (Wildman–Crippen MR) is 228 cm³/mol. The van der Waals surface area contributed by atoms with Crippen molar-refractivity contribution >= 4 is 0 Å². The highest BCUT2D eigenvalue weighted by atomic mass is 16.8. The van der Waals surface area contributed by atoms with Gasteiger partial charge in [-0.05, 0) is 0 Å². The smallest absolute Gasteiger partial charge is 0.187 e. The quantitative estimate of drug-likeness (QED) is 0.113. The Hall–Kier alpha value is -1.40. The van der Waals surface area contributed by atoms with Crippen molar-refractivity contribution < 1.29 is 174 Å². The van der Waals surface area contributed by atoms with Crippen LogP contribution in [-0.4, -0.2) is 368 Å². The van der Waals surface area contributed by atoms with Gasteiger partial charge in [0.25, 0.3) is 0 Å². The van der Waals surface area contributed by atoms with Gasteiger partial charge in [-0.15, -0.1) is 0 Å². The van der Waals surface area contributed by atoms with E-state index >= 15 is 0 Å². The second-order valence-electron chi connectivity index (χ2n) is 19.7. The zero-order valence-electron chi connectivity index (χ0n) is 40.3. The second kappa shape index (κ2) is 26.0. The van der Waals surface area contributed by atoms with E-state index in [4.69, 9.17) is 66.3 Å². The van der Waals surface area contributed by atoms with Crippen LogP contribution in [0.25, 0.3) is 0 Å². The van der Waals surface area contributed by atoms with E-state index in [0.29, 0.717) is 0 Å². The number of aliphatic hydroxyl groups is 21. The van der Waals surface area contributed by atoms with E-state index in [1.54, 1.807) is 0 Å². The van der Waals surface area contributed by atoms with Gasteiger partial charge < -0.3 is 174 Å². The topological polar surface area (TPSA) is 554 Å². The minimum atomic E-state index is -2.21. The van der Waals surface area contributed by atoms with Gasteiger partial charge in [0.1, 0.15) is 171 Å². The molecule has 21 aliphatic heterocycles. The highest BCUT2D eigenvalue weighted by Gasteiger charge is 2.59. The molecule has 21 rings (SSSR count). The molecule has 35 atom stereocenters. The molecule has 0 radical (unpaired) electrons. The van der Waals surface area contributed by atoms with E-state index < -0.39 is 261 Å². The number of hydrogen-bond acceptors (Lipinski definition) is 35. The third-order valence-electron chi connectivity index (χ3n) is 14.8. The molecule has 0 amide bonds. The van der Waals surface area contributed by atoms with E-state index in [1.807, 2.05) is 0 Å². The van der Waals surface area contributed by atoms with Gasteiger partial charge in [-0.2, -0.15) is 0 Å². The summed E-state index contributed by atoms with van der Waals surface area (Å²) in [7, 11) is 0. The maximum Gasteiger partial charge on any atom is 0.187 e. The van der Waals surface area contributed by atoms with Gasteiger partial charge in [0.15, 0.2) is 44.0 Å². The average molecular weight is 1130 g/mol. The second-order valence-corrected chi connectivity index (χ2v) is 19.7. The van der Waals surface area contributed by atoms with Crippen LogP contribution in [0.5, 0.6) is 0 Å². The molecule has 21 saturated heterocycles. The lowest BCUT2D eigenvalue weighted by Gasteiger charge is -2.50. The minimum absolute atomic E-state index is 1.05. The highest BCUT2D eigenvalue weighted by Crippen LogP contribution is 2.39. The monoisotopic (exact) mass is 1130 g/mol. The van der Waals surface area contributed by atoms with Crippen molar-refractivity contribution in [2.75, 3.05) is 46.2 Å². The molecule has 0 aromatic carbocycles. The molecule has 0 aliphatic carbocycles. The summed E-state index contributed by atoms with van der Waals surface area (Å²) >= 11 is 0. The molecule has 14 bridgehead atoms. The zero-order valence-corrected chi connectivity index (χ0v) is 40.3. The Kier molecular flexibility index (Phi) is 20.8. The van der Waals surface area contributed by atoms with Gasteiger partial charge in [0.2, 0.25) is 0 Å². The molecule has 35 nitrogen and oxygen atoms in total. The summed E-state index contributed by atoms with van der Waals surface area (Å²) in [4.78, 5) is 0. The fourth-order valence-electron chi connectivity index (χ4n) is 10.4. The van der Waals surface area contributed by atoms with Crippen LogP contribution in [0.15, 0.2) is 0 Å². The van der Waals surface area contributed by atoms with Crippen molar-refractivity contribution in [3.05, 3.63) is 0 Å². The third kappa shape index (κ3) is 12.1. The van der Waals surface area contributed by atoms with E-state index in [1.165, 1.54) is 0 Å². The molecule has 21 aliphatic rings. The first kappa shape index (κ1) is 61.7. The van der Waals surface area contributed by atoms with Crippen molar-refractivity contribution in [1.29, 1.82) is 0 Å². The van der Waals surface area contributed by atoms with E-state index in [-0.39, 0.29) is 0 Å². The van der Waals surface area contributed by atoms with Crippen LogP contribution >= 0.6 is 0 Å². The Morgan fingerprint density at radius 2 is 0.260 bits per heavy atom. The fraction of sp³-hybridized carbons (Fsp3) is 1.00. The molecule has 21 fully saturated rings. The first-order valence-corrected chi connectivity index (χ1v) is 24.6. The molecule has 35 heteroatoms. The normalized spacial score (nSPS) is 55.4. The largest absolute Gasteiger partial charge is 0.394 e. The van der Waals surface area contributed by atoms with Crippen molar-refractivity contribution in [3.63, 3.8) is 0 Å². The Morgan fingerprint density at radius 3 is 0.351 bits per heavy atom. The molecule has 0 spiro atoms. The first-order chi connectivity index (χ1) is 36.7. The summed E-state index contributed by atoms with van der Waals surface area (Å²) < 4.78 is 79.5. The Balaban J connectivity index is 1.08. The molecule has 21 heterocycles. The number of rotatable bonds is 7. The fourth-order valence-corrected chi connectivity index (χ4v) is 10.4. The van der Waals surface area contributed by atoms with Crippen LogP contribution in [0.1, 0.15) is 0 Å². The molecule has 21 N–H and O–H groups in total. The van der Waals surface area contributed by atoms with Crippen LogP contribution in [-0.2, 0) is 66.3 Å². The van der Waals surface area contributed by atoms with Crippen LogP contribution < -0.4 is 0 Å². The molecule has 14 unspecified atom stereocenters. The molecular weight excluding hydrogens is 1060 g/mol. The van der Waals surface area contributed by atoms with E-state index in [2.05, 4.69) is 0 Å². The molecule has 0 saturated carbocycles. The van der Waals surface area contributed by atoms with Crippen LogP contribution in [0.3, 0.4) is 0 Å². The van der Waals surface area contributed by atoms with Crippen LogP contribution in [0.2, 0.25) is 0 Å². The van der Waals surface area contributed by atoms with Crippen LogP contribution in [0, 0.1) is 0 Å². The molecular formula is C42H70O35. The lowest BCUT2D eigenvalue weighted by Crippen LogP contribution is -2.68. The lowest BCUT2D eigenvalue weighted by molar-refractivity contribution is -0.396. The Morgan fingerprint density at radius 1 is 0.156 bits per heavy atom. The Bertz CT molecular complexity index is 1470. The molecule has 77 heavy (non-hydrogen) atoms. The number of aliphatic hydroxyl groups excluding tert-OH is 21. The van der Waals surface area contributed by atoms with E-state index in [0.717, 1.165) is 0 Å². The molecule has 0 aromatic heterocycles. The maximum absolute atomic E-state index is 11.3. The Labute approximate surface area is 434 Å². The summed E-state index contributed by atoms with van der Waals surface area (Å²) in [6.07, 6.45) is -70.2. The van der Waals surface area contributed by atoms with Gasteiger partial charge in [-0.3, -0.25) is 0 Å². The van der Waals surface area contributed by atoms with Crippen LogP contribution in [0.4, 0.5) is 0 Å². The average Bonchev–Trinajstić information content (AvgIpc) is 3.47. The molecule has 0 aromatic rings.